The van der Waals surface area contributed by atoms with Crippen LogP contribution in [0.3, 0.4) is 0 Å². The topological polar surface area (TPSA) is 79.8 Å². The number of para-hydroxylation sites is 1. The highest BCUT2D eigenvalue weighted by Crippen LogP contribution is 2.31. The number of hydrogen-bond acceptors (Lipinski definition) is 5. The van der Waals surface area contributed by atoms with Crippen molar-refractivity contribution >= 4 is 39.9 Å². The van der Waals surface area contributed by atoms with Crippen LogP contribution in [0.2, 0.25) is 5.02 Å². The molecule has 7 nitrogen and oxygen atoms in total. The molecule has 1 amide bonds. The molecule has 1 aliphatic rings. The number of carbonyl (C=O) groups is 1. The van der Waals surface area contributed by atoms with Gasteiger partial charge in [-0.05, 0) is 24.6 Å². The minimum atomic E-state index is -0.428. The van der Waals surface area contributed by atoms with Gasteiger partial charge in [0.05, 0.1) is 11.2 Å². The molecule has 0 saturated carbocycles. The van der Waals surface area contributed by atoms with E-state index in [0.29, 0.717) is 23.8 Å². The van der Waals surface area contributed by atoms with Crippen LogP contribution >= 0.6 is 11.6 Å². The second kappa shape index (κ2) is 7.83. The second-order valence-electron chi connectivity index (χ2n) is 7.83. The van der Waals surface area contributed by atoms with E-state index >= 15 is 0 Å². The zero-order chi connectivity index (χ0) is 21.5. The number of benzene rings is 2. The Morgan fingerprint density at radius 1 is 1.03 bits per heavy atom. The van der Waals surface area contributed by atoms with Gasteiger partial charge in [-0.1, -0.05) is 54.1 Å². The number of primary amides is 1. The van der Waals surface area contributed by atoms with Crippen LogP contribution in [0.15, 0.2) is 54.6 Å². The molecule has 0 bridgehead atoms. The zero-order valence-electron chi connectivity index (χ0n) is 17.2. The van der Waals surface area contributed by atoms with Gasteiger partial charge in [0.2, 0.25) is 5.91 Å². The fraction of sp³-hybridized carbons (Fsp3) is 0.261. The fourth-order valence-corrected chi connectivity index (χ4v) is 4.55. The van der Waals surface area contributed by atoms with Gasteiger partial charge >= 0.3 is 0 Å². The van der Waals surface area contributed by atoms with Crippen molar-refractivity contribution in [1.29, 1.82) is 0 Å². The molecule has 0 unspecified atom stereocenters. The highest BCUT2D eigenvalue weighted by molar-refractivity contribution is 6.34. The number of halogens is 1. The van der Waals surface area contributed by atoms with E-state index < -0.39 is 6.04 Å². The lowest BCUT2D eigenvalue weighted by Crippen LogP contribution is -2.50. The summed E-state index contributed by atoms with van der Waals surface area (Å²) in [7, 11) is 0. The molecular formula is C23H23ClN6O. The Morgan fingerprint density at radius 2 is 1.71 bits per heavy atom. The highest BCUT2D eigenvalue weighted by Gasteiger charge is 2.30. The van der Waals surface area contributed by atoms with Gasteiger partial charge in [-0.25, -0.2) is 9.50 Å². The van der Waals surface area contributed by atoms with Gasteiger partial charge in [-0.3, -0.25) is 9.69 Å². The lowest BCUT2D eigenvalue weighted by atomic mass is 10.0. The van der Waals surface area contributed by atoms with E-state index in [0.717, 1.165) is 41.1 Å². The van der Waals surface area contributed by atoms with Gasteiger partial charge in [-0.15, -0.1) is 0 Å². The molecule has 31 heavy (non-hydrogen) atoms. The molecular weight excluding hydrogens is 412 g/mol. The average molecular weight is 435 g/mol. The zero-order valence-corrected chi connectivity index (χ0v) is 18.0. The predicted molar refractivity (Wildman–Crippen MR) is 122 cm³/mol. The van der Waals surface area contributed by atoms with Gasteiger partial charge < -0.3 is 10.6 Å². The van der Waals surface area contributed by atoms with Crippen LogP contribution in [0.4, 0.5) is 5.82 Å². The Balaban J connectivity index is 1.48. The van der Waals surface area contributed by atoms with Crippen LogP contribution < -0.4 is 10.6 Å². The summed E-state index contributed by atoms with van der Waals surface area (Å²) in [6.45, 7) is 4.76. The largest absolute Gasteiger partial charge is 0.368 e. The summed E-state index contributed by atoms with van der Waals surface area (Å²) < 4.78 is 1.81. The Morgan fingerprint density at radius 3 is 2.42 bits per heavy atom. The number of aryl methyl sites for hydroxylation is 1. The van der Waals surface area contributed by atoms with Crippen molar-refractivity contribution in [1.82, 2.24) is 19.5 Å². The number of aromatic nitrogens is 3. The number of fused-ring (bicyclic) bond motifs is 3. The molecule has 8 heteroatoms. The number of piperazine rings is 1. The molecule has 2 N–H and O–H groups in total. The standard InChI is InChI=1S/C23H23ClN6O/c1-15-19(24)23-26-22(17-9-5-6-10-18(17)30(23)27-15)29-13-11-28(12-14-29)20(21(25)31)16-7-3-2-4-8-16/h2-10,20H,11-14H2,1H3,(H2,25,31)/t20-/m0/s1. The van der Waals surface area contributed by atoms with Gasteiger partial charge in [0.1, 0.15) is 16.9 Å². The molecule has 0 radical (unpaired) electrons. The highest BCUT2D eigenvalue weighted by atomic mass is 35.5. The van der Waals surface area contributed by atoms with Gasteiger partial charge in [0, 0.05) is 31.6 Å². The van der Waals surface area contributed by atoms with Crippen molar-refractivity contribution < 1.29 is 4.79 Å². The quantitative estimate of drug-likeness (QED) is 0.533. The van der Waals surface area contributed by atoms with Crippen molar-refractivity contribution in [3.05, 3.63) is 70.9 Å². The Labute approximate surface area is 185 Å². The molecule has 158 valence electrons. The predicted octanol–water partition coefficient (Wildman–Crippen LogP) is 3.19. The minimum Gasteiger partial charge on any atom is -0.368 e. The van der Waals surface area contributed by atoms with Crippen LogP contribution in [0.5, 0.6) is 0 Å². The van der Waals surface area contributed by atoms with E-state index in [1.807, 2.05) is 60.0 Å². The van der Waals surface area contributed by atoms with E-state index in [1.165, 1.54) is 0 Å². The maximum absolute atomic E-state index is 12.2. The maximum Gasteiger partial charge on any atom is 0.239 e. The summed E-state index contributed by atoms with van der Waals surface area (Å²) in [6, 6.07) is 17.4. The third-order valence-corrected chi connectivity index (χ3v) is 6.36. The summed E-state index contributed by atoms with van der Waals surface area (Å²) >= 11 is 6.50. The third kappa shape index (κ3) is 3.40. The maximum atomic E-state index is 12.2. The first-order chi connectivity index (χ1) is 15.0. The second-order valence-corrected chi connectivity index (χ2v) is 8.20. The number of amides is 1. The first kappa shape index (κ1) is 19.8. The van der Waals surface area contributed by atoms with Crippen LogP contribution in [-0.4, -0.2) is 51.6 Å². The molecule has 1 atom stereocenters. The summed E-state index contributed by atoms with van der Waals surface area (Å²) in [5, 5.41) is 6.16. The number of nitrogens with two attached hydrogens (primary N) is 1. The van der Waals surface area contributed by atoms with Crippen LogP contribution in [0.25, 0.3) is 16.6 Å². The fourth-order valence-electron chi connectivity index (χ4n) is 4.39. The van der Waals surface area contributed by atoms with E-state index in [9.17, 15) is 4.79 Å². The molecule has 1 fully saturated rings. The smallest absolute Gasteiger partial charge is 0.239 e. The lowest BCUT2D eigenvalue weighted by molar-refractivity contribution is -0.123. The Hall–Kier alpha value is -3.16. The van der Waals surface area contributed by atoms with Crippen molar-refractivity contribution in [3.63, 3.8) is 0 Å². The normalized spacial score (nSPS) is 16.1. The van der Waals surface area contributed by atoms with E-state index in [-0.39, 0.29) is 5.91 Å². The molecule has 4 aromatic rings. The Bertz CT molecular complexity index is 1260. The number of anilines is 1. The van der Waals surface area contributed by atoms with Gasteiger partial charge in [0.25, 0.3) is 0 Å². The minimum absolute atomic E-state index is 0.328. The molecule has 1 aliphatic heterocycles. The Kier molecular flexibility index (Phi) is 5.00. The number of carbonyl (C=O) groups excluding carboxylic acids is 1. The third-order valence-electron chi connectivity index (χ3n) is 5.91. The van der Waals surface area contributed by atoms with Crippen molar-refractivity contribution in [3.8, 4) is 0 Å². The van der Waals surface area contributed by atoms with Gasteiger partial charge in [-0.2, -0.15) is 5.10 Å². The SMILES string of the molecule is Cc1nn2c(nc(N3CCN([C@H](C(N)=O)c4ccccc4)CC3)c3ccccc32)c1Cl. The number of hydrogen-bond donors (Lipinski definition) is 1. The van der Waals surface area contributed by atoms with Crippen molar-refractivity contribution in [2.45, 2.75) is 13.0 Å². The molecule has 1 saturated heterocycles. The van der Waals surface area contributed by atoms with E-state index in [4.69, 9.17) is 22.3 Å². The van der Waals surface area contributed by atoms with E-state index in [1.54, 1.807) is 0 Å². The molecule has 0 aliphatic carbocycles. The van der Waals surface area contributed by atoms with Crippen LogP contribution in [0, 0.1) is 6.92 Å². The molecule has 0 spiro atoms. The lowest BCUT2D eigenvalue weighted by Gasteiger charge is -2.39. The monoisotopic (exact) mass is 434 g/mol. The molecule has 3 heterocycles. The van der Waals surface area contributed by atoms with Crippen molar-refractivity contribution in [2.24, 2.45) is 5.73 Å². The number of rotatable bonds is 4. The van der Waals surface area contributed by atoms with E-state index in [2.05, 4.69) is 21.0 Å². The van der Waals surface area contributed by atoms with Gasteiger partial charge in [0.15, 0.2) is 5.65 Å². The first-order valence-electron chi connectivity index (χ1n) is 10.3. The molecule has 2 aromatic heterocycles. The van der Waals surface area contributed by atoms with Crippen molar-refractivity contribution in [2.75, 3.05) is 31.1 Å². The number of nitrogens with zero attached hydrogens (tertiary/aromatic N) is 5. The first-order valence-corrected chi connectivity index (χ1v) is 10.7. The van der Waals surface area contributed by atoms with Crippen LogP contribution in [-0.2, 0) is 4.79 Å². The summed E-state index contributed by atoms with van der Waals surface area (Å²) in [5.74, 6) is 0.561. The molecule has 2 aromatic carbocycles. The molecule has 5 rings (SSSR count). The van der Waals surface area contributed by atoms with Crippen LogP contribution in [0.1, 0.15) is 17.3 Å². The summed E-state index contributed by atoms with van der Waals surface area (Å²) in [6.07, 6.45) is 0. The average Bonchev–Trinajstić information content (AvgIpc) is 3.08. The summed E-state index contributed by atoms with van der Waals surface area (Å²) in [5.41, 5.74) is 9.09. The summed E-state index contributed by atoms with van der Waals surface area (Å²) in [4.78, 5) is 21.5.